The summed E-state index contributed by atoms with van der Waals surface area (Å²) in [6.07, 6.45) is 4.63. The molecule has 0 atom stereocenters. The van der Waals surface area contributed by atoms with Gasteiger partial charge in [0, 0.05) is 11.8 Å². The van der Waals surface area contributed by atoms with E-state index in [4.69, 9.17) is 22.3 Å². The Bertz CT molecular complexity index is 853. The maximum absolute atomic E-state index is 13.2. The van der Waals surface area contributed by atoms with E-state index in [0.29, 0.717) is 10.7 Å². The minimum atomic E-state index is -0.256. The van der Waals surface area contributed by atoms with Gasteiger partial charge in [-0.05, 0) is 55.3 Å². The normalized spacial score (nSPS) is 16.8. The highest BCUT2D eigenvalue weighted by molar-refractivity contribution is 6.46. The molecule has 1 heterocycles. The fraction of sp³-hybridized carbons (Fsp3) is 0.238. The Kier molecular flexibility index (Phi) is 6.74. The predicted molar refractivity (Wildman–Crippen MR) is 111 cm³/mol. The first-order valence-corrected chi connectivity index (χ1v) is 9.29. The van der Waals surface area contributed by atoms with E-state index in [1.807, 2.05) is 24.3 Å². The number of hydrogen-bond donors (Lipinski definition) is 2. The van der Waals surface area contributed by atoms with Crippen molar-refractivity contribution in [2.45, 2.75) is 18.9 Å². The zero-order valence-electron chi connectivity index (χ0n) is 14.9. The van der Waals surface area contributed by atoms with Gasteiger partial charge in [0.2, 0.25) is 0 Å². The first kappa shape index (κ1) is 19.3. The Morgan fingerprint density at radius 2 is 1.85 bits per heavy atom. The van der Waals surface area contributed by atoms with Crippen LogP contribution in [-0.4, -0.2) is 31.2 Å². The molecule has 27 heavy (non-hydrogen) atoms. The molecule has 1 aliphatic rings. The van der Waals surface area contributed by atoms with Crippen molar-refractivity contribution in [1.82, 2.24) is 5.32 Å². The summed E-state index contributed by atoms with van der Waals surface area (Å²) in [4.78, 5) is 8.83. The second kappa shape index (κ2) is 9.44. The largest absolute Gasteiger partial charge is 0.390 e. The number of halogens is 2. The Morgan fingerprint density at radius 1 is 1.11 bits per heavy atom. The zero-order chi connectivity index (χ0) is 19.1. The molecule has 0 amide bonds. The number of nitrogens with zero attached hydrogens (tertiary/aromatic N) is 2. The van der Waals surface area contributed by atoms with Crippen LogP contribution < -0.4 is 11.1 Å². The van der Waals surface area contributed by atoms with Crippen molar-refractivity contribution in [3.63, 3.8) is 0 Å². The molecule has 2 aromatic rings. The van der Waals surface area contributed by atoms with Crippen LogP contribution in [0.25, 0.3) is 11.1 Å². The number of piperidine rings is 1. The van der Waals surface area contributed by atoms with Crippen molar-refractivity contribution in [1.29, 1.82) is 0 Å². The summed E-state index contributed by atoms with van der Waals surface area (Å²) in [6.45, 7) is 1.89. The van der Waals surface area contributed by atoms with Crippen LogP contribution in [0.15, 0.2) is 69.7 Å². The molecule has 0 aliphatic carbocycles. The maximum Gasteiger partial charge on any atom is 0.123 e. The van der Waals surface area contributed by atoms with Crippen LogP contribution in [-0.2, 0) is 0 Å². The maximum atomic E-state index is 13.2. The molecule has 140 valence electrons. The molecule has 1 aliphatic heterocycles. The van der Waals surface area contributed by atoms with Gasteiger partial charge in [0.15, 0.2) is 0 Å². The SMILES string of the molecule is NC=N/C=C(/Cl)C(=NC1CCNCC1)c1cccc(-c2ccc(F)cc2)c1. The van der Waals surface area contributed by atoms with Crippen molar-refractivity contribution in [2.24, 2.45) is 15.7 Å². The van der Waals surface area contributed by atoms with E-state index in [-0.39, 0.29) is 11.9 Å². The van der Waals surface area contributed by atoms with Crippen LogP contribution in [0.3, 0.4) is 0 Å². The first-order chi connectivity index (χ1) is 13.2. The zero-order valence-corrected chi connectivity index (χ0v) is 15.7. The molecule has 6 heteroatoms. The minimum absolute atomic E-state index is 0.208. The Balaban J connectivity index is 1.99. The molecule has 1 fully saturated rings. The fourth-order valence-electron chi connectivity index (χ4n) is 3.05. The number of hydrogen-bond acceptors (Lipinski definition) is 3. The standard InChI is InChI=1S/C21H22ClFN4/c22-20(13-26-14-24)21(27-19-8-10-25-11-9-19)17-3-1-2-16(12-17)15-4-6-18(23)7-5-15/h1-7,12-14,19,25H,8-11H2,(H2,24,26)/b20-13+,27-21?. The molecule has 0 saturated carbocycles. The molecule has 1 saturated heterocycles. The number of rotatable bonds is 5. The van der Waals surface area contributed by atoms with E-state index < -0.39 is 0 Å². The third kappa shape index (κ3) is 5.25. The monoisotopic (exact) mass is 384 g/mol. The van der Waals surface area contributed by atoms with Crippen LogP contribution in [0.1, 0.15) is 18.4 Å². The summed E-state index contributed by atoms with van der Waals surface area (Å²) >= 11 is 6.49. The van der Waals surface area contributed by atoms with Crippen molar-refractivity contribution < 1.29 is 4.39 Å². The van der Waals surface area contributed by atoms with E-state index in [1.54, 1.807) is 12.1 Å². The highest BCUT2D eigenvalue weighted by Gasteiger charge is 2.16. The summed E-state index contributed by atoms with van der Waals surface area (Å²) in [7, 11) is 0. The summed E-state index contributed by atoms with van der Waals surface area (Å²) in [5.74, 6) is -0.256. The second-order valence-corrected chi connectivity index (χ2v) is 6.73. The first-order valence-electron chi connectivity index (χ1n) is 8.91. The third-order valence-electron chi connectivity index (χ3n) is 4.43. The molecule has 3 N–H and O–H groups in total. The van der Waals surface area contributed by atoms with E-state index in [1.165, 1.54) is 24.7 Å². The lowest BCUT2D eigenvalue weighted by atomic mass is 10.00. The number of benzene rings is 2. The predicted octanol–water partition coefficient (Wildman–Crippen LogP) is 4.10. The van der Waals surface area contributed by atoms with Gasteiger partial charge < -0.3 is 11.1 Å². The van der Waals surface area contributed by atoms with E-state index in [2.05, 4.69) is 10.3 Å². The lowest BCUT2D eigenvalue weighted by Gasteiger charge is -2.20. The quantitative estimate of drug-likeness (QED) is 0.602. The number of aliphatic imine (C=N–C) groups is 2. The minimum Gasteiger partial charge on any atom is -0.390 e. The molecule has 0 bridgehead atoms. The smallest absolute Gasteiger partial charge is 0.123 e. The number of nitrogens with two attached hydrogens (primary N) is 1. The van der Waals surface area contributed by atoms with Gasteiger partial charge in [-0.2, -0.15) is 0 Å². The average molecular weight is 385 g/mol. The van der Waals surface area contributed by atoms with Gasteiger partial charge in [-0.15, -0.1) is 0 Å². The Hall–Kier alpha value is -2.50. The summed E-state index contributed by atoms with van der Waals surface area (Å²) < 4.78 is 13.2. The van der Waals surface area contributed by atoms with Crippen molar-refractivity contribution in [3.05, 3.63) is 71.1 Å². The topological polar surface area (TPSA) is 62.8 Å². The molecule has 4 nitrogen and oxygen atoms in total. The van der Waals surface area contributed by atoms with Gasteiger partial charge in [0.1, 0.15) is 5.82 Å². The van der Waals surface area contributed by atoms with Crippen LogP contribution in [0, 0.1) is 5.82 Å². The van der Waals surface area contributed by atoms with Gasteiger partial charge in [-0.1, -0.05) is 41.9 Å². The van der Waals surface area contributed by atoms with Crippen molar-refractivity contribution in [3.8, 4) is 11.1 Å². The van der Waals surface area contributed by atoms with E-state index in [0.717, 1.165) is 42.6 Å². The highest BCUT2D eigenvalue weighted by atomic mass is 35.5. The summed E-state index contributed by atoms with van der Waals surface area (Å²) in [6, 6.07) is 14.5. The van der Waals surface area contributed by atoms with Gasteiger partial charge in [-0.25, -0.2) is 9.38 Å². The molecular formula is C21H22ClFN4. The lowest BCUT2D eigenvalue weighted by Crippen LogP contribution is -2.30. The number of nitrogens with one attached hydrogen (secondary N) is 1. The molecule has 0 aromatic heterocycles. The van der Waals surface area contributed by atoms with Crippen molar-refractivity contribution in [2.75, 3.05) is 13.1 Å². The van der Waals surface area contributed by atoms with E-state index in [9.17, 15) is 4.39 Å². The van der Waals surface area contributed by atoms with E-state index >= 15 is 0 Å². The lowest BCUT2D eigenvalue weighted by molar-refractivity contribution is 0.460. The van der Waals surface area contributed by atoms with Gasteiger partial charge >= 0.3 is 0 Å². The molecule has 0 radical (unpaired) electrons. The van der Waals surface area contributed by atoms with Gasteiger partial charge in [0.05, 0.1) is 23.1 Å². The average Bonchev–Trinajstić information content (AvgIpc) is 2.71. The fourth-order valence-corrected chi connectivity index (χ4v) is 3.26. The van der Waals surface area contributed by atoms with Crippen LogP contribution in [0.4, 0.5) is 4.39 Å². The highest BCUT2D eigenvalue weighted by Crippen LogP contribution is 2.24. The molecular weight excluding hydrogens is 363 g/mol. The van der Waals surface area contributed by atoms with Crippen molar-refractivity contribution >= 4 is 23.7 Å². The molecule has 3 rings (SSSR count). The van der Waals surface area contributed by atoms with Crippen LogP contribution in [0.5, 0.6) is 0 Å². The second-order valence-electron chi connectivity index (χ2n) is 6.32. The van der Waals surface area contributed by atoms with Gasteiger partial charge in [-0.3, -0.25) is 4.99 Å². The van der Waals surface area contributed by atoms with Crippen LogP contribution >= 0.6 is 11.6 Å². The third-order valence-corrected chi connectivity index (χ3v) is 4.71. The number of allylic oxidation sites excluding steroid dienone is 1. The Labute approximate surface area is 163 Å². The molecule has 2 aromatic carbocycles. The Morgan fingerprint density at radius 3 is 2.56 bits per heavy atom. The molecule has 0 spiro atoms. The summed E-state index contributed by atoms with van der Waals surface area (Å²) in [5.41, 5.74) is 8.82. The summed E-state index contributed by atoms with van der Waals surface area (Å²) in [5, 5.41) is 3.78. The van der Waals surface area contributed by atoms with Gasteiger partial charge in [0.25, 0.3) is 0 Å². The molecule has 0 unspecified atom stereocenters. The van der Waals surface area contributed by atoms with Crippen LogP contribution in [0.2, 0.25) is 0 Å².